The predicted octanol–water partition coefficient (Wildman–Crippen LogP) is 2.24. The highest BCUT2D eigenvalue weighted by atomic mass is 16.2. The predicted molar refractivity (Wildman–Crippen MR) is 118 cm³/mol. The Morgan fingerprint density at radius 3 is 2.79 bits per heavy atom. The minimum absolute atomic E-state index is 0.222. The molecule has 1 atom stereocenters. The van der Waals surface area contributed by atoms with Gasteiger partial charge in [0, 0.05) is 35.7 Å². The van der Waals surface area contributed by atoms with Crippen molar-refractivity contribution in [3.63, 3.8) is 0 Å². The fourth-order valence-electron chi connectivity index (χ4n) is 4.42. The number of hydrogen-bond donors (Lipinski definition) is 1. The summed E-state index contributed by atoms with van der Waals surface area (Å²) in [5, 5.41) is 11.9. The molecule has 0 radical (unpaired) electrons. The van der Waals surface area contributed by atoms with Gasteiger partial charge in [-0.15, -0.1) is 5.10 Å². The lowest BCUT2D eigenvalue weighted by Gasteiger charge is -2.29. The number of piperidine rings is 1. The molecular weight excluding hydrogens is 420 g/mol. The van der Waals surface area contributed by atoms with Gasteiger partial charge >= 0.3 is 0 Å². The summed E-state index contributed by atoms with van der Waals surface area (Å²) in [4.78, 5) is 42.8. The first-order valence-electron chi connectivity index (χ1n) is 10.6. The van der Waals surface area contributed by atoms with Crippen LogP contribution >= 0.6 is 0 Å². The molecule has 9 nitrogen and oxygen atoms in total. The highest BCUT2D eigenvalue weighted by molar-refractivity contribution is 6.05. The van der Waals surface area contributed by atoms with Gasteiger partial charge in [0.2, 0.25) is 11.8 Å². The number of aromatic nitrogens is 4. The van der Waals surface area contributed by atoms with Crippen LogP contribution in [0.4, 0.5) is 0 Å². The van der Waals surface area contributed by atoms with Crippen LogP contribution < -0.4 is 5.32 Å². The zero-order chi connectivity index (χ0) is 22.5. The molecule has 1 unspecified atom stereocenters. The second kappa shape index (κ2) is 7.33. The number of hydrogen-bond acceptors (Lipinski definition) is 6. The van der Waals surface area contributed by atoms with Gasteiger partial charge < -0.3 is 4.90 Å². The number of para-hydroxylation sites is 1. The van der Waals surface area contributed by atoms with Crippen LogP contribution in [0.5, 0.6) is 0 Å². The third-order valence-corrected chi connectivity index (χ3v) is 6.16. The number of nitrogens with zero attached hydrogens (tertiary/aromatic N) is 5. The normalized spacial score (nSPS) is 18.0. The molecular formula is C24H18N6O3. The van der Waals surface area contributed by atoms with Gasteiger partial charge in [-0.1, -0.05) is 29.5 Å². The number of nitrogens with one attached hydrogen (secondary N) is 1. The van der Waals surface area contributed by atoms with Gasteiger partial charge in [-0.2, -0.15) is 0 Å². The fourth-order valence-corrected chi connectivity index (χ4v) is 4.42. The second-order valence-corrected chi connectivity index (χ2v) is 8.21. The van der Waals surface area contributed by atoms with Gasteiger partial charge in [0.15, 0.2) is 0 Å². The average molecular weight is 438 g/mol. The van der Waals surface area contributed by atoms with E-state index in [-0.39, 0.29) is 18.2 Å². The van der Waals surface area contributed by atoms with E-state index in [1.807, 2.05) is 42.5 Å². The molecule has 0 bridgehead atoms. The summed E-state index contributed by atoms with van der Waals surface area (Å²) in [6.07, 6.45) is 4.13. The third-order valence-electron chi connectivity index (χ3n) is 6.16. The number of carbonyl (C=O) groups excluding carboxylic acids is 3. The molecule has 6 rings (SSSR count). The highest BCUT2D eigenvalue weighted by Gasteiger charge is 2.39. The van der Waals surface area contributed by atoms with Crippen molar-refractivity contribution >= 4 is 28.6 Å². The summed E-state index contributed by atoms with van der Waals surface area (Å²) in [6.45, 7) is 0.339. The lowest BCUT2D eigenvalue weighted by atomic mass is 10.0. The van der Waals surface area contributed by atoms with Gasteiger partial charge in [0.05, 0.1) is 17.4 Å². The van der Waals surface area contributed by atoms with E-state index in [2.05, 4.69) is 20.6 Å². The van der Waals surface area contributed by atoms with Crippen molar-refractivity contribution in [2.75, 3.05) is 0 Å². The maximum absolute atomic E-state index is 13.1. The monoisotopic (exact) mass is 438 g/mol. The Morgan fingerprint density at radius 1 is 1.03 bits per heavy atom. The molecule has 1 saturated heterocycles. The maximum atomic E-state index is 13.1. The molecule has 0 saturated carbocycles. The topological polar surface area (TPSA) is 110 Å². The molecule has 1 fully saturated rings. The zero-order valence-corrected chi connectivity index (χ0v) is 17.4. The van der Waals surface area contributed by atoms with Crippen molar-refractivity contribution < 1.29 is 14.4 Å². The van der Waals surface area contributed by atoms with Crippen LogP contribution in [0.2, 0.25) is 0 Å². The molecule has 0 spiro atoms. The lowest BCUT2D eigenvalue weighted by molar-refractivity contribution is -0.136. The van der Waals surface area contributed by atoms with Crippen molar-refractivity contribution in [3.05, 3.63) is 72.1 Å². The van der Waals surface area contributed by atoms with Gasteiger partial charge in [-0.05, 0) is 36.2 Å². The Bertz CT molecular complexity index is 1460. The third kappa shape index (κ3) is 3.25. The first-order chi connectivity index (χ1) is 16.1. The van der Waals surface area contributed by atoms with Crippen molar-refractivity contribution in [1.82, 2.24) is 30.2 Å². The van der Waals surface area contributed by atoms with Crippen LogP contribution in [0.25, 0.3) is 27.8 Å². The lowest BCUT2D eigenvalue weighted by Crippen LogP contribution is -2.52. The van der Waals surface area contributed by atoms with Crippen molar-refractivity contribution in [1.29, 1.82) is 0 Å². The van der Waals surface area contributed by atoms with Crippen LogP contribution in [0.3, 0.4) is 0 Å². The van der Waals surface area contributed by atoms with Gasteiger partial charge in [0.25, 0.3) is 5.91 Å². The molecule has 2 aliphatic heterocycles. The standard InChI is InChI=1S/C24H18N6O3/c31-22-8-7-21(23(32)26-22)29-12-15-5-6-17(10-18(15)24(29)33)30-13-20(27-28-30)16-9-14-3-1-2-4-19(14)25-11-16/h1-6,9-11,13,21H,7-8,12H2,(H,26,31,32). The van der Waals surface area contributed by atoms with Crippen LogP contribution in [0, 0.1) is 0 Å². The van der Waals surface area contributed by atoms with Crippen LogP contribution in [0.1, 0.15) is 28.8 Å². The Labute approximate surface area is 188 Å². The van der Waals surface area contributed by atoms with E-state index in [1.54, 1.807) is 23.1 Å². The summed E-state index contributed by atoms with van der Waals surface area (Å²) >= 11 is 0. The molecule has 1 N–H and O–H groups in total. The summed E-state index contributed by atoms with van der Waals surface area (Å²) in [7, 11) is 0. The number of rotatable bonds is 3. The molecule has 2 aromatic heterocycles. The highest BCUT2D eigenvalue weighted by Crippen LogP contribution is 2.29. The molecule has 2 aromatic carbocycles. The molecule has 33 heavy (non-hydrogen) atoms. The largest absolute Gasteiger partial charge is 0.322 e. The Hall–Kier alpha value is -4.40. The SMILES string of the molecule is O=C1CCC(N2Cc3ccc(-n4cc(-c5cnc6ccccc6c5)nn4)cc3C2=O)C(=O)N1. The quantitative estimate of drug-likeness (QED) is 0.491. The smallest absolute Gasteiger partial charge is 0.255 e. The molecule has 4 heterocycles. The number of fused-ring (bicyclic) bond motifs is 2. The fraction of sp³-hybridized carbons (Fsp3) is 0.167. The summed E-state index contributed by atoms with van der Waals surface area (Å²) in [5.74, 6) is -0.941. The summed E-state index contributed by atoms with van der Waals surface area (Å²) in [5.41, 5.74) is 4.49. The van der Waals surface area contributed by atoms with E-state index in [4.69, 9.17) is 0 Å². The minimum atomic E-state index is -0.635. The van der Waals surface area contributed by atoms with Crippen LogP contribution in [-0.2, 0) is 16.1 Å². The average Bonchev–Trinajstić information content (AvgIpc) is 3.44. The molecule has 4 aromatic rings. The van der Waals surface area contributed by atoms with Crippen LogP contribution in [0.15, 0.2) is 60.9 Å². The van der Waals surface area contributed by atoms with Crippen molar-refractivity contribution in [2.45, 2.75) is 25.4 Å². The number of imide groups is 1. The number of amides is 3. The number of carbonyl (C=O) groups is 3. The van der Waals surface area contributed by atoms with Gasteiger partial charge in [0.1, 0.15) is 11.7 Å². The van der Waals surface area contributed by atoms with E-state index >= 15 is 0 Å². The van der Waals surface area contributed by atoms with E-state index in [1.165, 1.54) is 4.90 Å². The number of benzene rings is 2. The first-order valence-corrected chi connectivity index (χ1v) is 10.6. The van der Waals surface area contributed by atoms with Gasteiger partial charge in [-0.3, -0.25) is 24.7 Å². The van der Waals surface area contributed by atoms with E-state index < -0.39 is 11.9 Å². The van der Waals surface area contributed by atoms with E-state index in [9.17, 15) is 14.4 Å². The zero-order valence-electron chi connectivity index (χ0n) is 17.4. The Kier molecular flexibility index (Phi) is 4.29. The molecule has 162 valence electrons. The van der Waals surface area contributed by atoms with Gasteiger partial charge in [-0.25, -0.2) is 4.68 Å². The molecule has 2 aliphatic rings. The Balaban J connectivity index is 1.28. The van der Waals surface area contributed by atoms with E-state index in [0.29, 0.717) is 29.9 Å². The second-order valence-electron chi connectivity index (χ2n) is 8.21. The van der Waals surface area contributed by atoms with Crippen molar-refractivity contribution in [3.8, 4) is 16.9 Å². The number of pyridine rings is 1. The Morgan fingerprint density at radius 2 is 1.91 bits per heavy atom. The summed E-state index contributed by atoms with van der Waals surface area (Å²) < 4.78 is 1.62. The minimum Gasteiger partial charge on any atom is -0.322 e. The molecule has 0 aliphatic carbocycles. The molecule has 3 amide bonds. The van der Waals surface area contributed by atoms with E-state index in [0.717, 1.165) is 22.0 Å². The van der Waals surface area contributed by atoms with Crippen LogP contribution in [-0.4, -0.2) is 48.6 Å². The molecule has 9 heteroatoms. The first kappa shape index (κ1) is 19.3. The van der Waals surface area contributed by atoms with Crippen molar-refractivity contribution in [2.24, 2.45) is 0 Å². The maximum Gasteiger partial charge on any atom is 0.255 e. The summed E-state index contributed by atoms with van der Waals surface area (Å²) in [6, 6.07) is 14.7.